The summed E-state index contributed by atoms with van der Waals surface area (Å²) in [7, 11) is 1.99. The highest BCUT2D eigenvalue weighted by Gasteiger charge is 2.14. The molecule has 0 aliphatic rings. The highest BCUT2D eigenvalue weighted by molar-refractivity contribution is 5.24. The first-order valence-electron chi connectivity index (χ1n) is 5.92. The summed E-state index contributed by atoms with van der Waals surface area (Å²) in [5, 5.41) is 4.42. The fourth-order valence-corrected chi connectivity index (χ4v) is 2.09. The highest BCUT2D eigenvalue weighted by atomic mass is 15.3. The minimum atomic E-state index is 0.374. The van der Waals surface area contributed by atoms with Gasteiger partial charge in [0.15, 0.2) is 0 Å². The average molecular weight is 224 g/mol. The van der Waals surface area contributed by atoms with Crippen molar-refractivity contribution in [1.82, 2.24) is 15.2 Å². The van der Waals surface area contributed by atoms with E-state index in [1.165, 1.54) is 11.3 Å². The highest BCUT2D eigenvalue weighted by Crippen LogP contribution is 2.16. The second-order valence-corrected chi connectivity index (χ2v) is 4.83. The number of rotatable bonds is 5. The van der Waals surface area contributed by atoms with Gasteiger partial charge in [-0.2, -0.15) is 5.10 Å². The first-order chi connectivity index (χ1) is 7.47. The van der Waals surface area contributed by atoms with Gasteiger partial charge in [0, 0.05) is 18.8 Å². The lowest BCUT2D eigenvalue weighted by atomic mass is 9.96. The summed E-state index contributed by atoms with van der Waals surface area (Å²) in [5.41, 5.74) is 6.65. The molecular formula is C12H24N4. The third kappa shape index (κ3) is 2.83. The summed E-state index contributed by atoms with van der Waals surface area (Å²) in [5.74, 6) is 6.11. The molecule has 0 amide bonds. The summed E-state index contributed by atoms with van der Waals surface area (Å²) in [6.45, 7) is 8.57. The molecule has 0 saturated heterocycles. The smallest absolute Gasteiger partial charge is 0.0628 e. The molecule has 3 N–H and O–H groups in total. The molecule has 4 nitrogen and oxygen atoms in total. The Morgan fingerprint density at radius 1 is 1.38 bits per heavy atom. The minimum Gasteiger partial charge on any atom is -0.272 e. The number of nitrogens with zero attached hydrogens (tertiary/aromatic N) is 2. The van der Waals surface area contributed by atoms with Crippen LogP contribution in [-0.2, 0) is 13.5 Å². The maximum absolute atomic E-state index is 5.55. The standard InChI is InChI=1S/C12H24N4/c1-8(2)12(14-13)7-6-11-9(3)15-16(5)10(11)4/h8,12,14H,6-7,13H2,1-5H3. The summed E-state index contributed by atoms with van der Waals surface area (Å²) in [6, 6.07) is 0.374. The molecule has 1 aromatic rings. The van der Waals surface area contributed by atoms with E-state index in [9.17, 15) is 0 Å². The summed E-state index contributed by atoms with van der Waals surface area (Å²) < 4.78 is 1.95. The molecule has 0 aliphatic carbocycles. The largest absolute Gasteiger partial charge is 0.272 e. The number of hydrogen-bond acceptors (Lipinski definition) is 3. The van der Waals surface area contributed by atoms with Crippen LogP contribution < -0.4 is 11.3 Å². The Morgan fingerprint density at radius 3 is 2.38 bits per heavy atom. The fourth-order valence-electron chi connectivity index (χ4n) is 2.09. The van der Waals surface area contributed by atoms with Gasteiger partial charge >= 0.3 is 0 Å². The minimum absolute atomic E-state index is 0.374. The number of aromatic nitrogens is 2. The van der Waals surface area contributed by atoms with Gasteiger partial charge in [0.2, 0.25) is 0 Å². The van der Waals surface area contributed by atoms with Crippen molar-refractivity contribution in [2.24, 2.45) is 18.8 Å². The van der Waals surface area contributed by atoms with Crippen LogP contribution in [0.5, 0.6) is 0 Å². The van der Waals surface area contributed by atoms with Crippen LogP contribution in [0.1, 0.15) is 37.2 Å². The van der Waals surface area contributed by atoms with Crippen LogP contribution >= 0.6 is 0 Å². The lowest BCUT2D eigenvalue weighted by Gasteiger charge is -2.19. The first-order valence-corrected chi connectivity index (χ1v) is 5.92. The zero-order valence-corrected chi connectivity index (χ0v) is 11.0. The van der Waals surface area contributed by atoms with Gasteiger partial charge in [0.1, 0.15) is 0 Å². The van der Waals surface area contributed by atoms with Crippen LogP contribution in [-0.4, -0.2) is 15.8 Å². The van der Waals surface area contributed by atoms with Crippen molar-refractivity contribution < 1.29 is 0 Å². The van der Waals surface area contributed by atoms with E-state index in [4.69, 9.17) is 5.84 Å². The zero-order chi connectivity index (χ0) is 12.3. The van der Waals surface area contributed by atoms with E-state index in [-0.39, 0.29) is 0 Å². The van der Waals surface area contributed by atoms with E-state index in [1.54, 1.807) is 0 Å². The third-order valence-electron chi connectivity index (χ3n) is 3.38. The summed E-state index contributed by atoms with van der Waals surface area (Å²) in [4.78, 5) is 0. The monoisotopic (exact) mass is 224 g/mol. The molecule has 1 rings (SSSR count). The number of hydrazine groups is 1. The Kier molecular flexibility index (Phi) is 4.50. The summed E-state index contributed by atoms with van der Waals surface area (Å²) in [6.07, 6.45) is 2.10. The van der Waals surface area contributed by atoms with Crippen LogP contribution in [0, 0.1) is 19.8 Å². The Hall–Kier alpha value is -0.870. The van der Waals surface area contributed by atoms with Crippen LogP contribution in [0.2, 0.25) is 0 Å². The Balaban J connectivity index is 2.67. The van der Waals surface area contributed by atoms with Gasteiger partial charge in [-0.3, -0.25) is 16.0 Å². The number of nitrogens with two attached hydrogens (primary N) is 1. The van der Waals surface area contributed by atoms with E-state index in [0.717, 1.165) is 18.5 Å². The van der Waals surface area contributed by atoms with Crippen molar-refractivity contribution in [2.75, 3.05) is 0 Å². The van der Waals surface area contributed by atoms with Gasteiger partial charge in [-0.05, 0) is 38.2 Å². The Labute approximate surface area is 98.2 Å². The fraction of sp³-hybridized carbons (Fsp3) is 0.750. The molecule has 0 spiro atoms. The normalized spacial score (nSPS) is 13.4. The van der Waals surface area contributed by atoms with Gasteiger partial charge < -0.3 is 0 Å². The second-order valence-electron chi connectivity index (χ2n) is 4.83. The lowest BCUT2D eigenvalue weighted by molar-refractivity contribution is 0.384. The Bertz CT molecular complexity index is 341. The van der Waals surface area contributed by atoms with Crippen molar-refractivity contribution >= 4 is 0 Å². The van der Waals surface area contributed by atoms with E-state index in [0.29, 0.717) is 12.0 Å². The van der Waals surface area contributed by atoms with Crippen molar-refractivity contribution in [3.8, 4) is 0 Å². The summed E-state index contributed by atoms with van der Waals surface area (Å²) >= 11 is 0. The Morgan fingerprint density at radius 2 is 2.00 bits per heavy atom. The average Bonchev–Trinajstić information content (AvgIpc) is 2.44. The lowest BCUT2D eigenvalue weighted by Crippen LogP contribution is -2.39. The van der Waals surface area contributed by atoms with Crippen LogP contribution in [0.3, 0.4) is 0 Å². The zero-order valence-electron chi connectivity index (χ0n) is 11.0. The van der Waals surface area contributed by atoms with Crippen LogP contribution in [0.25, 0.3) is 0 Å². The predicted molar refractivity (Wildman–Crippen MR) is 67.0 cm³/mol. The molecule has 1 aromatic heterocycles. The van der Waals surface area contributed by atoms with E-state index in [1.807, 2.05) is 11.7 Å². The van der Waals surface area contributed by atoms with Gasteiger partial charge in [0.25, 0.3) is 0 Å². The van der Waals surface area contributed by atoms with Crippen LogP contribution in [0.15, 0.2) is 0 Å². The van der Waals surface area contributed by atoms with Crippen molar-refractivity contribution in [1.29, 1.82) is 0 Å². The van der Waals surface area contributed by atoms with Gasteiger partial charge in [0.05, 0.1) is 5.69 Å². The molecule has 0 saturated carbocycles. The van der Waals surface area contributed by atoms with Gasteiger partial charge in [-0.25, -0.2) is 0 Å². The maximum Gasteiger partial charge on any atom is 0.0628 e. The molecule has 1 unspecified atom stereocenters. The van der Waals surface area contributed by atoms with Crippen molar-refractivity contribution in [3.63, 3.8) is 0 Å². The van der Waals surface area contributed by atoms with Gasteiger partial charge in [-0.1, -0.05) is 13.8 Å². The molecule has 16 heavy (non-hydrogen) atoms. The molecular weight excluding hydrogens is 200 g/mol. The molecule has 0 aliphatic heterocycles. The van der Waals surface area contributed by atoms with Gasteiger partial charge in [-0.15, -0.1) is 0 Å². The number of nitrogens with one attached hydrogen (secondary N) is 1. The molecule has 4 heteroatoms. The second kappa shape index (κ2) is 5.46. The quantitative estimate of drug-likeness (QED) is 0.588. The van der Waals surface area contributed by atoms with E-state index >= 15 is 0 Å². The molecule has 1 atom stereocenters. The topological polar surface area (TPSA) is 55.9 Å². The molecule has 1 heterocycles. The van der Waals surface area contributed by atoms with Crippen molar-refractivity contribution in [3.05, 3.63) is 17.0 Å². The third-order valence-corrected chi connectivity index (χ3v) is 3.38. The number of aryl methyl sites for hydroxylation is 2. The van der Waals surface area contributed by atoms with Crippen molar-refractivity contribution in [2.45, 2.75) is 46.6 Å². The SMILES string of the molecule is Cc1nn(C)c(C)c1CCC(NN)C(C)C. The van der Waals surface area contributed by atoms with E-state index < -0.39 is 0 Å². The maximum atomic E-state index is 5.55. The predicted octanol–water partition coefficient (Wildman–Crippen LogP) is 1.46. The molecule has 0 fully saturated rings. The number of hydrogen-bond donors (Lipinski definition) is 2. The molecule has 0 radical (unpaired) electrons. The molecule has 0 bridgehead atoms. The first kappa shape index (κ1) is 13.2. The molecule has 0 aromatic carbocycles. The van der Waals surface area contributed by atoms with E-state index in [2.05, 4.69) is 38.2 Å². The molecule has 92 valence electrons. The van der Waals surface area contributed by atoms with Crippen LogP contribution in [0.4, 0.5) is 0 Å².